The van der Waals surface area contributed by atoms with Gasteiger partial charge in [0.05, 0.1) is 7.11 Å². The van der Waals surface area contributed by atoms with E-state index in [1.165, 1.54) is 24.0 Å². The largest absolute Gasteiger partial charge is 0.497 e. The van der Waals surface area contributed by atoms with Crippen LogP contribution in [-0.4, -0.2) is 67.0 Å². The van der Waals surface area contributed by atoms with Crippen LogP contribution in [0.15, 0.2) is 54.6 Å². The average molecular weight is 436 g/mol. The Bertz CT molecular complexity index is 849. The molecule has 1 atom stereocenters. The molecule has 0 aliphatic carbocycles. The van der Waals surface area contributed by atoms with Gasteiger partial charge in [0.2, 0.25) is 5.91 Å². The van der Waals surface area contributed by atoms with Crippen LogP contribution >= 0.6 is 0 Å². The maximum atomic E-state index is 12.8. The summed E-state index contributed by atoms with van der Waals surface area (Å²) in [5.41, 5.74) is 2.65. The van der Waals surface area contributed by atoms with Crippen LogP contribution in [0.25, 0.3) is 0 Å². The summed E-state index contributed by atoms with van der Waals surface area (Å²) in [6.07, 6.45) is 4.17. The number of hydrogen-bond acceptors (Lipinski definition) is 4. The first-order chi connectivity index (χ1) is 15.7. The van der Waals surface area contributed by atoms with Gasteiger partial charge in [-0.1, -0.05) is 42.5 Å². The van der Waals surface area contributed by atoms with Crippen LogP contribution in [0.4, 0.5) is 0 Å². The summed E-state index contributed by atoms with van der Waals surface area (Å²) < 4.78 is 5.36. The van der Waals surface area contributed by atoms with Gasteiger partial charge < -0.3 is 9.64 Å². The van der Waals surface area contributed by atoms with E-state index < -0.39 is 0 Å². The van der Waals surface area contributed by atoms with E-state index in [2.05, 4.69) is 63.2 Å². The Labute approximate surface area is 193 Å². The normalized spacial score (nSPS) is 20.3. The van der Waals surface area contributed by atoms with Crippen LogP contribution in [0.3, 0.4) is 0 Å². The first-order valence-corrected chi connectivity index (χ1v) is 12.1. The molecule has 0 radical (unpaired) electrons. The van der Waals surface area contributed by atoms with E-state index in [1.807, 2.05) is 6.07 Å². The van der Waals surface area contributed by atoms with Gasteiger partial charge in [-0.05, 0) is 55.0 Å². The number of likely N-dealkylation sites (tertiary alicyclic amines) is 1. The molecule has 4 rings (SSSR count). The molecule has 1 amide bonds. The Balaban J connectivity index is 1.18. The molecule has 2 aliphatic rings. The SMILES string of the molecule is COc1cccc(CN2CCC[C@H](CCC(=O)N3CCN(Cc4ccccc4)CC3)C2)c1. The summed E-state index contributed by atoms with van der Waals surface area (Å²) in [6.45, 7) is 7.84. The van der Waals surface area contributed by atoms with Gasteiger partial charge in [-0.15, -0.1) is 0 Å². The van der Waals surface area contributed by atoms with Gasteiger partial charge in [0.25, 0.3) is 0 Å². The monoisotopic (exact) mass is 435 g/mol. The van der Waals surface area contributed by atoms with Crippen LogP contribution < -0.4 is 4.74 Å². The van der Waals surface area contributed by atoms with Gasteiger partial charge in [-0.3, -0.25) is 14.6 Å². The fourth-order valence-corrected chi connectivity index (χ4v) is 5.04. The summed E-state index contributed by atoms with van der Waals surface area (Å²) >= 11 is 0. The summed E-state index contributed by atoms with van der Waals surface area (Å²) in [5.74, 6) is 1.89. The summed E-state index contributed by atoms with van der Waals surface area (Å²) in [5, 5.41) is 0. The molecular weight excluding hydrogens is 398 g/mol. The number of ether oxygens (including phenoxy) is 1. The molecular formula is C27H37N3O2. The van der Waals surface area contributed by atoms with Gasteiger partial charge in [-0.25, -0.2) is 0 Å². The lowest BCUT2D eigenvalue weighted by atomic mass is 9.92. The summed E-state index contributed by atoms with van der Waals surface area (Å²) in [7, 11) is 1.72. The van der Waals surface area contributed by atoms with Crippen molar-refractivity contribution in [3.8, 4) is 5.75 Å². The van der Waals surface area contributed by atoms with E-state index in [4.69, 9.17) is 4.74 Å². The predicted octanol–water partition coefficient (Wildman–Crippen LogP) is 4.03. The molecule has 5 nitrogen and oxygen atoms in total. The number of amides is 1. The van der Waals surface area contributed by atoms with Crippen molar-refractivity contribution in [2.45, 2.75) is 38.8 Å². The highest BCUT2D eigenvalue weighted by Crippen LogP contribution is 2.24. The molecule has 172 valence electrons. The molecule has 0 unspecified atom stereocenters. The third kappa shape index (κ3) is 6.57. The summed E-state index contributed by atoms with van der Waals surface area (Å²) in [6, 6.07) is 19.0. The molecule has 0 N–H and O–H groups in total. The van der Waals surface area contributed by atoms with Gasteiger partial charge in [0.15, 0.2) is 0 Å². The van der Waals surface area contributed by atoms with Gasteiger partial charge >= 0.3 is 0 Å². The van der Waals surface area contributed by atoms with Crippen molar-refractivity contribution >= 4 is 5.91 Å². The number of piperidine rings is 1. The maximum Gasteiger partial charge on any atom is 0.222 e. The van der Waals surface area contributed by atoms with E-state index in [1.54, 1.807) is 7.11 Å². The average Bonchev–Trinajstić information content (AvgIpc) is 2.84. The van der Waals surface area contributed by atoms with Crippen molar-refractivity contribution in [3.05, 3.63) is 65.7 Å². The molecule has 0 spiro atoms. The number of nitrogens with zero attached hydrogens (tertiary/aromatic N) is 3. The molecule has 2 aromatic carbocycles. The molecule has 32 heavy (non-hydrogen) atoms. The van der Waals surface area contributed by atoms with Crippen LogP contribution in [0.5, 0.6) is 5.75 Å². The molecule has 2 saturated heterocycles. The Kier molecular flexibility index (Phi) is 8.18. The molecule has 5 heteroatoms. The molecule has 0 saturated carbocycles. The van der Waals surface area contributed by atoms with Crippen molar-refractivity contribution in [1.29, 1.82) is 0 Å². The zero-order valence-electron chi connectivity index (χ0n) is 19.4. The van der Waals surface area contributed by atoms with Crippen molar-refractivity contribution < 1.29 is 9.53 Å². The molecule has 2 fully saturated rings. The number of methoxy groups -OCH3 is 1. The van der Waals surface area contributed by atoms with Crippen molar-refractivity contribution in [1.82, 2.24) is 14.7 Å². The Morgan fingerprint density at radius 3 is 2.44 bits per heavy atom. The molecule has 2 heterocycles. The lowest BCUT2D eigenvalue weighted by Crippen LogP contribution is -2.48. The minimum atomic E-state index is 0.342. The first kappa shape index (κ1) is 22.8. The molecule has 2 aromatic rings. The van der Waals surface area contributed by atoms with Gasteiger partial charge in [-0.2, -0.15) is 0 Å². The van der Waals surface area contributed by atoms with Crippen LogP contribution in [0.2, 0.25) is 0 Å². The van der Waals surface area contributed by atoms with E-state index >= 15 is 0 Å². The third-order valence-electron chi connectivity index (χ3n) is 6.88. The Morgan fingerprint density at radius 2 is 1.66 bits per heavy atom. The topological polar surface area (TPSA) is 36.0 Å². The lowest BCUT2D eigenvalue weighted by Gasteiger charge is -2.36. The van der Waals surface area contributed by atoms with Crippen LogP contribution in [0.1, 0.15) is 36.8 Å². The quantitative estimate of drug-likeness (QED) is 0.627. The van der Waals surface area contributed by atoms with Gasteiger partial charge in [0, 0.05) is 52.2 Å². The fraction of sp³-hybridized carbons (Fsp3) is 0.519. The standard InChI is InChI=1S/C27H37N3O2/c1-32-26-11-5-9-25(19-26)22-29-14-6-10-24(21-29)12-13-27(31)30-17-15-28(16-18-30)20-23-7-3-2-4-8-23/h2-5,7-9,11,19,24H,6,10,12-18,20-22H2,1H3/t24-/m1/s1. The highest BCUT2D eigenvalue weighted by molar-refractivity contribution is 5.76. The van der Waals surface area contributed by atoms with Crippen molar-refractivity contribution in [2.24, 2.45) is 5.92 Å². The third-order valence-corrected chi connectivity index (χ3v) is 6.88. The molecule has 0 bridgehead atoms. The predicted molar refractivity (Wildman–Crippen MR) is 129 cm³/mol. The van der Waals surface area contributed by atoms with Crippen molar-refractivity contribution in [3.63, 3.8) is 0 Å². The second kappa shape index (κ2) is 11.5. The second-order valence-corrected chi connectivity index (χ2v) is 9.28. The van der Waals surface area contributed by atoms with E-state index in [0.29, 0.717) is 18.2 Å². The fourth-order valence-electron chi connectivity index (χ4n) is 5.04. The van der Waals surface area contributed by atoms with Crippen molar-refractivity contribution in [2.75, 3.05) is 46.4 Å². The van der Waals surface area contributed by atoms with E-state index in [0.717, 1.165) is 64.5 Å². The first-order valence-electron chi connectivity index (χ1n) is 12.1. The highest BCUT2D eigenvalue weighted by Gasteiger charge is 2.24. The minimum Gasteiger partial charge on any atom is -0.497 e. The number of carbonyl (C=O) groups excluding carboxylic acids is 1. The Hall–Kier alpha value is -2.37. The highest BCUT2D eigenvalue weighted by atomic mass is 16.5. The lowest BCUT2D eigenvalue weighted by molar-refractivity contribution is -0.133. The number of carbonyl (C=O) groups is 1. The number of hydrogen-bond donors (Lipinski definition) is 0. The molecule has 2 aliphatic heterocycles. The second-order valence-electron chi connectivity index (χ2n) is 9.28. The maximum absolute atomic E-state index is 12.8. The van der Waals surface area contributed by atoms with Crippen LogP contribution in [0, 0.1) is 5.92 Å². The number of benzene rings is 2. The number of rotatable bonds is 8. The smallest absolute Gasteiger partial charge is 0.222 e. The number of piperazine rings is 1. The van der Waals surface area contributed by atoms with E-state index in [9.17, 15) is 4.79 Å². The zero-order chi connectivity index (χ0) is 22.2. The van der Waals surface area contributed by atoms with Gasteiger partial charge in [0.1, 0.15) is 5.75 Å². The van der Waals surface area contributed by atoms with Crippen LogP contribution in [-0.2, 0) is 17.9 Å². The van der Waals surface area contributed by atoms with E-state index in [-0.39, 0.29) is 0 Å². The minimum absolute atomic E-state index is 0.342. The molecule has 0 aromatic heterocycles. The summed E-state index contributed by atoms with van der Waals surface area (Å²) in [4.78, 5) is 19.9. The zero-order valence-corrected chi connectivity index (χ0v) is 19.4. The Morgan fingerprint density at radius 1 is 0.906 bits per heavy atom.